The van der Waals surface area contributed by atoms with E-state index in [1.54, 1.807) is 0 Å². The molecular formula is C47H78O6. The Kier molecular flexibility index (Phi) is 39.1. The van der Waals surface area contributed by atoms with Gasteiger partial charge in [-0.1, -0.05) is 171 Å². The Balaban J connectivity index is 4.17. The minimum atomic E-state index is -0.776. The van der Waals surface area contributed by atoms with Crippen molar-refractivity contribution in [3.8, 4) is 0 Å². The van der Waals surface area contributed by atoms with Gasteiger partial charge in [-0.15, -0.1) is 0 Å². The molecule has 0 radical (unpaired) electrons. The third kappa shape index (κ3) is 39.9. The second-order valence-electron chi connectivity index (χ2n) is 13.9. The van der Waals surface area contributed by atoms with Crippen LogP contribution in [-0.2, 0) is 28.6 Å². The fourth-order valence-electron chi connectivity index (χ4n) is 5.50. The summed E-state index contributed by atoms with van der Waals surface area (Å²) in [5, 5.41) is 0. The molecule has 6 heteroatoms. The number of carbonyl (C=O) groups is 3. The van der Waals surface area contributed by atoms with E-state index in [2.05, 4.69) is 93.7 Å². The predicted octanol–water partition coefficient (Wildman–Crippen LogP) is 13.5. The number of ether oxygens (including phenoxy) is 3. The van der Waals surface area contributed by atoms with Crippen LogP contribution < -0.4 is 0 Å². The maximum Gasteiger partial charge on any atom is 0.306 e. The highest BCUT2D eigenvalue weighted by atomic mass is 16.6. The Bertz CT molecular complexity index is 1030. The molecule has 0 aliphatic rings. The van der Waals surface area contributed by atoms with Gasteiger partial charge >= 0.3 is 17.9 Å². The highest BCUT2D eigenvalue weighted by molar-refractivity contribution is 5.71. The molecule has 0 rings (SSSR count). The van der Waals surface area contributed by atoms with Crippen LogP contribution in [0.4, 0.5) is 0 Å². The lowest BCUT2D eigenvalue weighted by Crippen LogP contribution is -2.30. The van der Waals surface area contributed by atoms with E-state index >= 15 is 0 Å². The minimum Gasteiger partial charge on any atom is -0.462 e. The van der Waals surface area contributed by atoms with E-state index in [4.69, 9.17) is 14.2 Å². The van der Waals surface area contributed by atoms with Gasteiger partial charge in [-0.2, -0.15) is 0 Å². The van der Waals surface area contributed by atoms with Crippen LogP contribution in [-0.4, -0.2) is 37.2 Å². The fraction of sp³-hybridized carbons (Fsp3) is 0.681. The molecule has 0 aliphatic carbocycles. The van der Waals surface area contributed by atoms with Gasteiger partial charge in [-0.05, 0) is 70.6 Å². The number of allylic oxidation sites excluding steroid dienone is 12. The lowest BCUT2D eigenvalue weighted by atomic mass is 10.1. The van der Waals surface area contributed by atoms with Crippen molar-refractivity contribution in [2.24, 2.45) is 0 Å². The molecule has 0 spiro atoms. The molecule has 1 unspecified atom stereocenters. The first-order valence-corrected chi connectivity index (χ1v) is 21.4. The normalized spacial score (nSPS) is 12.7. The lowest BCUT2D eigenvalue weighted by molar-refractivity contribution is -0.167. The van der Waals surface area contributed by atoms with Crippen molar-refractivity contribution in [2.45, 2.75) is 194 Å². The summed E-state index contributed by atoms with van der Waals surface area (Å²) < 4.78 is 16.5. The molecule has 0 saturated heterocycles. The molecule has 0 aliphatic heterocycles. The minimum absolute atomic E-state index is 0.0845. The van der Waals surface area contributed by atoms with E-state index in [9.17, 15) is 14.4 Å². The van der Waals surface area contributed by atoms with Gasteiger partial charge in [0.25, 0.3) is 0 Å². The molecule has 0 aromatic rings. The maximum absolute atomic E-state index is 12.5. The van der Waals surface area contributed by atoms with Crippen LogP contribution in [0.5, 0.6) is 0 Å². The number of hydrogen-bond acceptors (Lipinski definition) is 6. The molecule has 53 heavy (non-hydrogen) atoms. The van der Waals surface area contributed by atoms with Crippen molar-refractivity contribution in [1.29, 1.82) is 0 Å². The Morgan fingerprint density at radius 2 is 0.736 bits per heavy atom. The largest absolute Gasteiger partial charge is 0.462 e. The summed E-state index contributed by atoms with van der Waals surface area (Å²) in [6.45, 7) is 6.34. The second kappa shape index (κ2) is 41.6. The van der Waals surface area contributed by atoms with E-state index in [1.165, 1.54) is 38.5 Å². The molecule has 0 aromatic carbocycles. The number of rotatable bonds is 37. The van der Waals surface area contributed by atoms with Gasteiger partial charge in [0.15, 0.2) is 6.10 Å². The van der Waals surface area contributed by atoms with Crippen molar-refractivity contribution < 1.29 is 28.6 Å². The first-order valence-electron chi connectivity index (χ1n) is 21.4. The van der Waals surface area contributed by atoms with Crippen LogP contribution in [0, 0.1) is 0 Å². The Labute approximate surface area is 325 Å². The summed E-state index contributed by atoms with van der Waals surface area (Å²) in [7, 11) is 0. The Hall–Kier alpha value is -3.15. The zero-order chi connectivity index (χ0) is 38.7. The maximum atomic E-state index is 12.5. The molecule has 6 nitrogen and oxygen atoms in total. The summed E-state index contributed by atoms with van der Waals surface area (Å²) in [5.41, 5.74) is 0. The zero-order valence-electron chi connectivity index (χ0n) is 34.3. The summed E-state index contributed by atoms with van der Waals surface area (Å²) in [6, 6.07) is 0. The molecule has 0 saturated carbocycles. The van der Waals surface area contributed by atoms with Crippen LogP contribution in [0.2, 0.25) is 0 Å². The molecule has 0 aromatic heterocycles. The molecule has 0 heterocycles. The van der Waals surface area contributed by atoms with E-state index in [1.807, 2.05) is 0 Å². The number of esters is 3. The van der Waals surface area contributed by atoms with Gasteiger partial charge in [0.05, 0.1) is 0 Å². The SMILES string of the molecule is CC/C=C\C/C=C\C/C=C\C/C=C\C/C=C\C/C=C\CCCCCCC(=O)OCC(COC(=O)CCCCCCCC)OC(=O)CCCCCCCC. The summed E-state index contributed by atoms with van der Waals surface area (Å²) in [6.07, 6.45) is 50.7. The first kappa shape index (κ1) is 49.9. The van der Waals surface area contributed by atoms with Crippen LogP contribution >= 0.6 is 0 Å². The molecule has 302 valence electrons. The highest BCUT2D eigenvalue weighted by Crippen LogP contribution is 2.12. The molecule has 0 bridgehead atoms. The average molecular weight is 739 g/mol. The zero-order valence-corrected chi connectivity index (χ0v) is 34.3. The van der Waals surface area contributed by atoms with Crippen molar-refractivity contribution in [1.82, 2.24) is 0 Å². The molecule has 0 N–H and O–H groups in total. The van der Waals surface area contributed by atoms with E-state index in [0.29, 0.717) is 19.3 Å². The average Bonchev–Trinajstić information content (AvgIpc) is 3.15. The van der Waals surface area contributed by atoms with Crippen molar-refractivity contribution in [2.75, 3.05) is 13.2 Å². The highest BCUT2D eigenvalue weighted by Gasteiger charge is 2.19. The van der Waals surface area contributed by atoms with Crippen molar-refractivity contribution in [3.63, 3.8) is 0 Å². The standard InChI is InChI=1S/C47H78O6/c1-4-7-10-13-16-17-18-19-20-21-22-23-24-25-26-27-28-29-30-31-32-35-37-40-46(49)52-43-44(53-47(50)41-38-34-15-12-9-6-3)42-51-45(48)39-36-33-14-11-8-5-2/h7,10,16-17,19-20,22-23,25-26,28-29,44H,4-6,8-9,11-15,18,21,24,27,30-43H2,1-3H3/b10-7-,17-16-,20-19-,23-22-,26-25-,29-28-. The van der Waals surface area contributed by atoms with Gasteiger partial charge < -0.3 is 14.2 Å². The van der Waals surface area contributed by atoms with Gasteiger partial charge in [-0.3, -0.25) is 14.4 Å². The van der Waals surface area contributed by atoms with E-state index in [-0.39, 0.29) is 31.1 Å². The van der Waals surface area contributed by atoms with Crippen LogP contribution in [0.25, 0.3) is 0 Å². The van der Waals surface area contributed by atoms with Gasteiger partial charge in [0.1, 0.15) is 13.2 Å². The van der Waals surface area contributed by atoms with Gasteiger partial charge in [0.2, 0.25) is 0 Å². The summed E-state index contributed by atoms with van der Waals surface area (Å²) in [5.74, 6) is -0.939. The summed E-state index contributed by atoms with van der Waals surface area (Å²) in [4.78, 5) is 37.2. The van der Waals surface area contributed by atoms with E-state index < -0.39 is 6.10 Å². The van der Waals surface area contributed by atoms with Crippen LogP contribution in [0.15, 0.2) is 72.9 Å². The van der Waals surface area contributed by atoms with Gasteiger partial charge in [-0.25, -0.2) is 0 Å². The Morgan fingerprint density at radius 3 is 1.15 bits per heavy atom. The molecular weight excluding hydrogens is 661 g/mol. The smallest absolute Gasteiger partial charge is 0.306 e. The summed E-state index contributed by atoms with van der Waals surface area (Å²) >= 11 is 0. The van der Waals surface area contributed by atoms with Gasteiger partial charge in [0, 0.05) is 19.3 Å². The number of unbranched alkanes of at least 4 members (excludes halogenated alkanes) is 14. The predicted molar refractivity (Wildman–Crippen MR) is 224 cm³/mol. The third-order valence-electron chi connectivity index (χ3n) is 8.73. The van der Waals surface area contributed by atoms with Crippen molar-refractivity contribution in [3.05, 3.63) is 72.9 Å². The second-order valence-corrected chi connectivity index (χ2v) is 13.9. The molecule has 0 fully saturated rings. The Morgan fingerprint density at radius 1 is 0.396 bits per heavy atom. The third-order valence-corrected chi connectivity index (χ3v) is 8.73. The topological polar surface area (TPSA) is 78.9 Å². The number of hydrogen-bond donors (Lipinski definition) is 0. The fourth-order valence-corrected chi connectivity index (χ4v) is 5.50. The van der Waals surface area contributed by atoms with Crippen LogP contribution in [0.1, 0.15) is 188 Å². The first-order chi connectivity index (χ1) is 26.0. The number of carbonyl (C=O) groups excluding carboxylic acids is 3. The van der Waals surface area contributed by atoms with Crippen LogP contribution in [0.3, 0.4) is 0 Å². The monoisotopic (exact) mass is 739 g/mol. The van der Waals surface area contributed by atoms with E-state index in [0.717, 1.165) is 109 Å². The van der Waals surface area contributed by atoms with Crippen molar-refractivity contribution >= 4 is 17.9 Å². The quantitative estimate of drug-likeness (QED) is 0.0273. The lowest BCUT2D eigenvalue weighted by Gasteiger charge is -2.18. The molecule has 1 atom stereocenters. The molecule has 0 amide bonds.